The van der Waals surface area contributed by atoms with Crippen LogP contribution in [0.2, 0.25) is 0 Å². The van der Waals surface area contributed by atoms with Crippen molar-refractivity contribution in [3.05, 3.63) is 34.1 Å². The van der Waals surface area contributed by atoms with Crippen LogP contribution in [0.15, 0.2) is 6.20 Å². The average Bonchev–Trinajstić information content (AvgIpc) is 3.05. The second-order valence-electron chi connectivity index (χ2n) is 7.25. The van der Waals surface area contributed by atoms with Gasteiger partial charge in [0.2, 0.25) is 11.8 Å². The lowest BCUT2D eigenvalue weighted by molar-refractivity contribution is -0.0936. The first-order valence-electron chi connectivity index (χ1n) is 8.08. The van der Waals surface area contributed by atoms with Crippen LogP contribution in [0.1, 0.15) is 48.2 Å². The molecule has 0 amide bonds. The summed E-state index contributed by atoms with van der Waals surface area (Å²) in [5, 5.41) is 41.2. The number of rotatable bonds is 1. The van der Waals surface area contributed by atoms with E-state index >= 15 is 0 Å². The van der Waals surface area contributed by atoms with Crippen LogP contribution in [0.5, 0.6) is 11.8 Å². The molecule has 1 fully saturated rings. The van der Waals surface area contributed by atoms with Crippen LogP contribution in [0, 0.1) is 25.2 Å². The van der Waals surface area contributed by atoms with Crippen LogP contribution < -0.4 is 0 Å². The molecule has 7 nitrogen and oxygen atoms in total. The highest BCUT2D eigenvalue weighted by atomic mass is 16.6. The number of pyridine rings is 1. The van der Waals surface area contributed by atoms with Crippen molar-refractivity contribution in [1.29, 1.82) is 5.26 Å². The lowest BCUT2D eigenvalue weighted by Gasteiger charge is -2.25. The number of nitrogens with zero attached hydrogens (tertiary/aromatic N) is 3. The normalized spacial score (nSPS) is 29.7. The van der Waals surface area contributed by atoms with Crippen molar-refractivity contribution >= 4 is 0 Å². The highest BCUT2D eigenvalue weighted by molar-refractivity contribution is 5.63. The van der Waals surface area contributed by atoms with E-state index in [0.717, 1.165) is 5.56 Å². The lowest BCUT2D eigenvalue weighted by atomic mass is 9.78. The van der Waals surface area contributed by atoms with E-state index in [0.29, 0.717) is 34.5 Å². The van der Waals surface area contributed by atoms with Crippen molar-refractivity contribution in [3.63, 3.8) is 0 Å². The Morgan fingerprint density at radius 2 is 1.88 bits per heavy atom. The van der Waals surface area contributed by atoms with Gasteiger partial charge in [-0.1, -0.05) is 0 Å². The maximum Gasteiger partial charge on any atom is 0.205 e. The number of hydrogen-bond donors (Lipinski definition) is 3. The monoisotopic (exact) mass is 341 g/mol. The van der Waals surface area contributed by atoms with Crippen LogP contribution in [0.3, 0.4) is 0 Å². The minimum atomic E-state index is -1.07. The zero-order chi connectivity index (χ0) is 18.3. The SMILES string of the molecule is Cc1c(-n2c(O)c3c(c2O)[C@@]2(C)O[C@]3(C)C[C@@H]2O)cnc(C#N)c1C. The van der Waals surface area contributed by atoms with Gasteiger partial charge in [-0.05, 0) is 38.8 Å². The topological polar surface area (TPSA) is 112 Å². The van der Waals surface area contributed by atoms with Gasteiger partial charge in [-0.2, -0.15) is 5.26 Å². The predicted octanol–water partition coefficient (Wildman–Crippen LogP) is 2.00. The highest BCUT2D eigenvalue weighted by Gasteiger charge is 2.64. The molecule has 4 heterocycles. The molecule has 3 N–H and O–H groups in total. The Hall–Kier alpha value is -2.56. The molecule has 2 aromatic rings. The zero-order valence-electron chi connectivity index (χ0n) is 14.5. The molecule has 0 aliphatic carbocycles. The molecule has 0 aromatic carbocycles. The van der Waals surface area contributed by atoms with Crippen molar-refractivity contribution in [1.82, 2.24) is 9.55 Å². The molecule has 2 aliphatic rings. The second kappa shape index (κ2) is 4.54. The largest absolute Gasteiger partial charge is 0.494 e. The molecule has 7 heteroatoms. The molecular formula is C18H19N3O4. The van der Waals surface area contributed by atoms with Crippen LogP contribution >= 0.6 is 0 Å². The number of aromatic nitrogens is 2. The second-order valence-corrected chi connectivity index (χ2v) is 7.25. The molecule has 2 bridgehead atoms. The number of ether oxygens (including phenoxy) is 1. The molecule has 0 saturated carbocycles. The fraction of sp³-hybridized carbons (Fsp3) is 0.444. The van der Waals surface area contributed by atoms with Crippen molar-refractivity contribution in [2.24, 2.45) is 0 Å². The molecular weight excluding hydrogens is 322 g/mol. The van der Waals surface area contributed by atoms with E-state index in [-0.39, 0.29) is 11.8 Å². The maximum absolute atomic E-state index is 10.9. The van der Waals surface area contributed by atoms with Gasteiger partial charge in [-0.25, -0.2) is 9.55 Å². The summed E-state index contributed by atoms with van der Waals surface area (Å²) in [6, 6.07) is 2.03. The third kappa shape index (κ3) is 1.68. The molecule has 0 spiro atoms. The summed E-state index contributed by atoms with van der Waals surface area (Å²) < 4.78 is 7.29. The van der Waals surface area contributed by atoms with E-state index in [9.17, 15) is 15.3 Å². The fourth-order valence-electron chi connectivity index (χ4n) is 4.29. The minimum Gasteiger partial charge on any atom is -0.494 e. The molecule has 0 radical (unpaired) electrons. The van der Waals surface area contributed by atoms with Gasteiger partial charge >= 0.3 is 0 Å². The van der Waals surface area contributed by atoms with Gasteiger partial charge in [0.15, 0.2) is 0 Å². The summed E-state index contributed by atoms with van der Waals surface area (Å²) in [4.78, 5) is 4.12. The molecule has 2 aromatic heterocycles. The zero-order valence-corrected chi connectivity index (χ0v) is 14.5. The quantitative estimate of drug-likeness (QED) is 0.731. The molecule has 1 saturated heterocycles. The van der Waals surface area contributed by atoms with E-state index in [1.54, 1.807) is 27.7 Å². The Kier molecular flexibility index (Phi) is 2.89. The number of aromatic hydroxyl groups is 2. The van der Waals surface area contributed by atoms with E-state index in [2.05, 4.69) is 4.98 Å². The summed E-state index contributed by atoms with van der Waals surface area (Å²) in [6.45, 7) is 7.09. The van der Waals surface area contributed by atoms with Crippen molar-refractivity contribution in [2.75, 3.05) is 0 Å². The Morgan fingerprint density at radius 3 is 2.52 bits per heavy atom. The maximum atomic E-state index is 10.9. The van der Waals surface area contributed by atoms with Crippen LogP contribution in [-0.2, 0) is 15.9 Å². The average molecular weight is 341 g/mol. The number of aliphatic hydroxyl groups excluding tert-OH is 1. The number of nitriles is 1. The van der Waals surface area contributed by atoms with Crippen molar-refractivity contribution in [2.45, 2.75) is 51.4 Å². The van der Waals surface area contributed by atoms with Crippen LogP contribution in [0.4, 0.5) is 0 Å². The molecule has 25 heavy (non-hydrogen) atoms. The highest BCUT2D eigenvalue weighted by Crippen LogP contribution is 2.64. The van der Waals surface area contributed by atoms with Gasteiger partial charge in [-0.3, -0.25) is 0 Å². The van der Waals surface area contributed by atoms with Gasteiger partial charge in [0.1, 0.15) is 17.4 Å². The number of fused-ring (bicyclic) bond motifs is 5. The van der Waals surface area contributed by atoms with Crippen LogP contribution in [-0.4, -0.2) is 31.0 Å². The van der Waals surface area contributed by atoms with Gasteiger partial charge < -0.3 is 20.1 Å². The Balaban J connectivity index is 2.02. The van der Waals surface area contributed by atoms with E-state index in [1.165, 1.54) is 10.8 Å². The fourth-order valence-corrected chi connectivity index (χ4v) is 4.29. The summed E-state index contributed by atoms with van der Waals surface area (Å²) in [7, 11) is 0. The van der Waals surface area contributed by atoms with E-state index in [1.807, 2.05) is 6.07 Å². The Labute approximate surface area is 144 Å². The van der Waals surface area contributed by atoms with Crippen molar-refractivity contribution in [3.8, 4) is 23.5 Å². The molecule has 130 valence electrons. The Morgan fingerprint density at radius 1 is 1.24 bits per heavy atom. The van der Waals surface area contributed by atoms with Gasteiger partial charge in [0.25, 0.3) is 0 Å². The minimum absolute atomic E-state index is 0.125. The summed E-state index contributed by atoms with van der Waals surface area (Å²) in [5.41, 5.74) is 1.19. The lowest BCUT2D eigenvalue weighted by Crippen LogP contribution is -2.32. The summed E-state index contributed by atoms with van der Waals surface area (Å²) in [5.74, 6) is -0.300. The molecule has 4 rings (SSSR count). The van der Waals surface area contributed by atoms with E-state index in [4.69, 9.17) is 10.00 Å². The summed E-state index contributed by atoms with van der Waals surface area (Å²) >= 11 is 0. The first-order valence-corrected chi connectivity index (χ1v) is 8.08. The predicted molar refractivity (Wildman–Crippen MR) is 87.5 cm³/mol. The van der Waals surface area contributed by atoms with Crippen molar-refractivity contribution < 1.29 is 20.1 Å². The third-order valence-corrected chi connectivity index (χ3v) is 5.77. The molecule has 0 unspecified atom stereocenters. The first kappa shape index (κ1) is 15.9. The Bertz CT molecular complexity index is 974. The molecule has 3 atom stereocenters. The third-order valence-electron chi connectivity index (χ3n) is 5.77. The van der Waals surface area contributed by atoms with E-state index < -0.39 is 17.3 Å². The number of aliphatic hydroxyl groups is 1. The number of hydrogen-bond acceptors (Lipinski definition) is 6. The van der Waals surface area contributed by atoms with Gasteiger partial charge in [0.05, 0.1) is 34.7 Å². The smallest absolute Gasteiger partial charge is 0.205 e. The van der Waals surface area contributed by atoms with Crippen LogP contribution in [0.25, 0.3) is 5.69 Å². The molecule has 2 aliphatic heterocycles. The summed E-state index contributed by atoms with van der Waals surface area (Å²) in [6.07, 6.45) is 1.03. The standard InChI is InChI=1S/C18H19N3O4/c1-8-9(2)11(7-20-10(8)6-19)21-15(23)13-14(16(21)24)18(4)12(22)5-17(13,3)25-18/h7,12,22-24H,5H2,1-4H3/t12-,17+,18-/m0/s1. The first-order chi connectivity index (χ1) is 11.7. The van der Waals surface area contributed by atoms with Gasteiger partial charge in [0, 0.05) is 6.42 Å². The van der Waals surface area contributed by atoms with Gasteiger partial charge in [-0.15, -0.1) is 0 Å².